The summed E-state index contributed by atoms with van der Waals surface area (Å²) in [6.07, 6.45) is 2.23. The Kier molecular flexibility index (Phi) is 4.45. The molecule has 1 N–H and O–H groups in total. The quantitative estimate of drug-likeness (QED) is 0.773. The van der Waals surface area contributed by atoms with Crippen molar-refractivity contribution < 1.29 is 9.32 Å². The largest absolute Gasteiger partial charge is 0.339 e. The van der Waals surface area contributed by atoms with Gasteiger partial charge in [-0.1, -0.05) is 28.9 Å². The van der Waals surface area contributed by atoms with Crippen molar-refractivity contribution in [3.63, 3.8) is 0 Å². The van der Waals surface area contributed by atoms with Crippen molar-refractivity contribution in [3.8, 4) is 11.4 Å². The second-order valence-corrected chi connectivity index (χ2v) is 5.68. The Morgan fingerprint density at radius 2 is 2.23 bits per heavy atom. The number of benzene rings is 1. The van der Waals surface area contributed by atoms with Gasteiger partial charge in [-0.05, 0) is 12.1 Å². The number of hydrogen-bond donors (Lipinski definition) is 1. The highest BCUT2D eigenvalue weighted by molar-refractivity contribution is 7.13. The van der Waals surface area contributed by atoms with E-state index in [2.05, 4.69) is 20.4 Å². The van der Waals surface area contributed by atoms with Crippen molar-refractivity contribution in [3.05, 3.63) is 46.8 Å². The zero-order valence-electron chi connectivity index (χ0n) is 11.3. The lowest BCUT2D eigenvalue weighted by Crippen LogP contribution is -2.12. The highest BCUT2D eigenvalue weighted by Gasteiger charge is 2.13. The fourth-order valence-corrected chi connectivity index (χ4v) is 2.56. The van der Waals surface area contributed by atoms with E-state index in [1.54, 1.807) is 17.6 Å². The molecule has 112 valence electrons. The van der Waals surface area contributed by atoms with E-state index in [0.717, 1.165) is 0 Å². The SMILES string of the molecule is O=C(CCc1nc(-c2ccccc2Cl)no1)Nc1nccs1. The van der Waals surface area contributed by atoms with E-state index in [9.17, 15) is 4.79 Å². The van der Waals surface area contributed by atoms with E-state index >= 15 is 0 Å². The Morgan fingerprint density at radius 3 is 3.00 bits per heavy atom. The molecule has 3 rings (SSSR count). The van der Waals surface area contributed by atoms with Crippen molar-refractivity contribution in [2.75, 3.05) is 5.32 Å². The molecule has 0 spiro atoms. The Balaban J connectivity index is 1.60. The third-order valence-electron chi connectivity index (χ3n) is 2.83. The molecule has 2 heterocycles. The normalized spacial score (nSPS) is 10.6. The molecule has 0 atom stereocenters. The van der Waals surface area contributed by atoms with Gasteiger partial charge in [-0.2, -0.15) is 4.98 Å². The molecule has 3 aromatic rings. The van der Waals surface area contributed by atoms with E-state index in [0.29, 0.717) is 33.9 Å². The van der Waals surface area contributed by atoms with Crippen molar-refractivity contribution in [1.29, 1.82) is 0 Å². The molecule has 0 saturated heterocycles. The van der Waals surface area contributed by atoms with Crippen LogP contribution in [0.25, 0.3) is 11.4 Å². The summed E-state index contributed by atoms with van der Waals surface area (Å²) in [5, 5.41) is 9.51. The number of halogens is 1. The Morgan fingerprint density at radius 1 is 1.36 bits per heavy atom. The maximum absolute atomic E-state index is 11.8. The summed E-state index contributed by atoms with van der Waals surface area (Å²) in [6, 6.07) is 7.25. The molecule has 0 saturated carbocycles. The average Bonchev–Trinajstić information content (AvgIpc) is 3.17. The zero-order chi connectivity index (χ0) is 15.4. The smallest absolute Gasteiger partial charge is 0.227 e. The van der Waals surface area contributed by atoms with Crippen molar-refractivity contribution in [2.45, 2.75) is 12.8 Å². The van der Waals surface area contributed by atoms with Gasteiger partial charge in [0.25, 0.3) is 0 Å². The van der Waals surface area contributed by atoms with Gasteiger partial charge in [0.1, 0.15) is 0 Å². The predicted molar refractivity (Wildman–Crippen MR) is 83.8 cm³/mol. The molecule has 0 aliphatic heterocycles. The summed E-state index contributed by atoms with van der Waals surface area (Å²) >= 11 is 7.45. The number of rotatable bonds is 5. The molecule has 8 heteroatoms. The number of thiazole rings is 1. The van der Waals surface area contributed by atoms with Crippen LogP contribution in [0.3, 0.4) is 0 Å². The first-order valence-corrected chi connectivity index (χ1v) is 7.75. The molecule has 2 aromatic heterocycles. The fourth-order valence-electron chi connectivity index (χ4n) is 1.80. The molecule has 0 aliphatic rings. The maximum Gasteiger partial charge on any atom is 0.227 e. The molecule has 1 amide bonds. The number of aromatic nitrogens is 3. The number of amides is 1. The highest BCUT2D eigenvalue weighted by Crippen LogP contribution is 2.25. The van der Waals surface area contributed by atoms with Crippen LogP contribution in [-0.2, 0) is 11.2 Å². The van der Waals surface area contributed by atoms with Crippen LogP contribution in [0.4, 0.5) is 5.13 Å². The van der Waals surface area contributed by atoms with Crippen molar-refractivity contribution in [2.24, 2.45) is 0 Å². The number of carbonyl (C=O) groups is 1. The monoisotopic (exact) mass is 334 g/mol. The van der Waals surface area contributed by atoms with E-state index in [1.165, 1.54) is 11.3 Å². The summed E-state index contributed by atoms with van der Waals surface area (Å²) < 4.78 is 5.15. The fraction of sp³-hybridized carbons (Fsp3) is 0.143. The molecular formula is C14H11ClN4O2S. The lowest BCUT2D eigenvalue weighted by molar-refractivity contribution is -0.116. The number of nitrogens with one attached hydrogen (secondary N) is 1. The van der Waals surface area contributed by atoms with Crippen LogP contribution in [0, 0.1) is 0 Å². The van der Waals surface area contributed by atoms with Gasteiger partial charge < -0.3 is 9.84 Å². The van der Waals surface area contributed by atoms with Gasteiger partial charge in [0, 0.05) is 30.0 Å². The standard InChI is InChI=1S/C14H11ClN4O2S/c15-10-4-2-1-3-9(10)13-18-12(21-19-13)6-5-11(20)17-14-16-7-8-22-14/h1-4,7-8H,5-6H2,(H,16,17,20). The second-order valence-electron chi connectivity index (χ2n) is 4.38. The first-order valence-electron chi connectivity index (χ1n) is 6.49. The van der Waals surface area contributed by atoms with Gasteiger partial charge in [-0.25, -0.2) is 4.98 Å². The van der Waals surface area contributed by atoms with Gasteiger partial charge in [0.15, 0.2) is 5.13 Å². The van der Waals surface area contributed by atoms with E-state index < -0.39 is 0 Å². The first-order chi connectivity index (χ1) is 10.7. The molecule has 6 nitrogen and oxygen atoms in total. The number of nitrogens with zero attached hydrogens (tertiary/aromatic N) is 3. The summed E-state index contributed by atoms with van der Waals surface area (Å²) in [5.74, 6) is 0.664. The summed E-state index contributed by atoms with van der Waals surface area (Å²) in [6.45, 7) is 0. The third kappa shape index (κ3) is 3.49. The maximum atomic E-state index is 11.8. The molecule has 0 bridgehead atoms. The van der Waals surface area contributed by atoms with E-state index in [-0.39, 0.29) is 12.3 Å². The molecule has 0 radical (unpaired) electrons. The van der Waals surface area contributed by atoms with Crippen LogP contribution in [0.2, 0.25) is 5.02 Å². The minimum absolute atomic E-state index is 0.146. The summed E-state index contributed by atoms with van der Waals surface area (Å²) in [4.78, 5) is 20.0. The molecule has 0 fully saturated rings. The second kappa shape index (κ2) is 6.67. The minimum atomic E-state index is -0.146. The molecule has 0 unspecified atom stereocenters. The first kappa shape index (κ1) is 14.7. The predicted octanol–water partition coefficient (Wildman–Crippen LogP) is 3.42. The highest BCUT2D eigenvalue weighted by atomic mass is 35.5. The number of aryl methyl sites for hydroxylation is 1. The van der Waals surface area contributed by atoms with Crippen LogP contribution in [0.15, 0.2) is 40.4 Å². The van der Waals surface area contributed by atoms with Gasteiger partial charge >= 0.3 is 0 Å². The van der Waals surface area contributed by atoms with Gasteiger partial charge in [-0.15, -0.1) is 11.3 Å². The van der Waals surface area contributed by atoms with Crippen LogP contribution in [-0.4, -0.2) is 21.0 Å². The zero-order valence-corrected chi connectivity index (χ0v) is 12.9. The average molecular weight is 335 g/mol. The Labute approximate surface area is 135 Å². The summed E-state index contributed by atoms with van der Waals surface area (Å²) in [7, 11) is 0. The topological polar surface area (TPSA) is 80.9 Å². The number of carbonyl (C=O) groups excluding carboxylic acids is 1. The lowest BCUT2D eigenvalue weighted by atomic mass is 10.2. The summed E-state index contributed by atoms with van der Waals surface area (Å²) in [5.41, 5.74) is 0.700. The van der Waals surface area contributed by atoms with Gasteiger partial charge in [0.05, 0.1) is 5.02 Å². The van der Waals surface area contributed by atoms with Crippen LogP contribution < -0.4 is 5.32 Å². The number of hydrogen-bond acceptors (Lipinski definition) is 6. The van der Waals surface area contributed by atoms with Crippen LogP contribution in [0.5, 0.6) is 0 Å². The lowest BCUT2D eigenvalue weighted by Gasteiger charge is -1.98. The minimum Gasteiger partial charge on any atom is -0.339 e. The number of anilines is 1. The van der Waals surface area contributed by atoms with E-state index in [4.69, 9.17) is 16.1 Å². The Bertz CT molecular complexity index is 773. The Hall–Kier alpha value is -2.25. The molecule has 22 heavy (non-hydrogen) atoms. The van der Waals surface area contributed by atoms with Crippen molar-refractivity contribution in [1.82, 2.24) is 15.1 Å². The van der Waals surface area contributed by atoms with Crippen LogP contribution in [0.1, 0.15) is 12.3 Å². The van der Waals surface area contributed by atoms with E-state index in [1.807, 2.05) is 18.2 Å². The third-order valence-corrected chi connectivity index (χ3v) is 3.85. The molecule has 0 aliphatic carbocycles. The van der Waals surface area contributed by atoms with Crippen molar-refractivity contribution >= 4 is 34.0 Å². The van der Waals surface area contributed by atoms with Crippen LogP contribution >= 0.6 is 22.9 Å². The molecular weight excluding hydrogens is 324 g/mol. The van der Waals surface area contributed by atoms with Gasteiger partial charge in [-0.3, -0.25) is 4.79 Å². The van der Waals surface area contributed by atoms with Gasteiger partial charge in [0.2, 0.25) is 17.6 Å². The molecule has 1 aromatic carbocycles.